The van der Waals surface area contributed by atoms with E-state index in [4.69, 9.17) is 18.9 Å². The Morgan fingerprint density at radius 2 is 2.04 bits per heavy atom. The van der Waals surface area contributed by atoms with Crippen LogP contribution < -0.4 is 0 Å². The Morgan fingerprint density at radius 1 is 1.31 bits per heavy atom. The average Bonchev–Trinajstić information content (AvgIpc) is 3.21. The fourth-order valence-corrected chi connectivity index (χ4v) is 3.58. The van der Waals surface area contributed by atoms with Crippen LogP contribution in [0.2, 0.25) is 0 Å². The number of aldehydes is 1. The Hall–Kier alpha value is -2.29. The maximum absolute atomic E-state index is 11.4. The minimum atomic E-state index is -0.789. The summed E-state index contributed by atoms with van der Waals surface area (Å²) in [5, 5.41) is 5.15. The maximum Gasteiger partial charge on any atom is 0.302 e. The van der Waals surface area contributed by atoms with E-state index in [0.717, 1.165) is 17.2 Å². The van der Waals surface area contributed by atoms with Gasteiger partial charge < -0.3 is 18.9 Å². The number of aromatic nitrogens is 2. The number of nitrogens with zero attached hydrogens (tertiary/aromatic N) is 2. The fourth-order valence-electron chi connectivity index (χ4n) is 3.58. The lowest BCUT2D eigenvalue weighted by Crippen LogP contribution is -2.33. The smallest absolute Gasteiger partial charge is 0.302 e. The molecule has 3 heterocycles. The van der Waals surface area contributed by atoms with Crippen LogP contribution in [0.5, 0.6) is 0 Å². The summed E-state index contributed by atoms with van der Waals surface area (Å²) in [5.74, 6) is -1.18. The normalized spacial score (nSPS) is 29.7. The molecule has 1 aromatic heterocycles. The van der Waals surface area contributed by atoms with Crippen molar-refractivity contribution < 1.29 is 28.5 Å². The standard InChI is InChI=1S/C18H20N2O6/c1-10(22)23-9-14-15-16(26-18(2,3)25-15)17(24-14)20-13-7-5-4-6-11(13)12(8-21)19-20/h4-8,14-17H,9H2,1-3H3/t14-,15-,16-,17-/m1/s1. The first kappa shape index (κ1) is 17.1. The Morgan fingerprint density at radius 3 is 2.77 bits per heavy atom. The second-order valence-corrected chi connectivity index (χ2v) is 6.90. The lowest BCUT2D eigenvalue weighted by molar-refractivity contribution is -0.203. The molecule has 26 heavy (non-hydrogen) atoms. The number of carbonyl (C=O) groups is 2. The van der Waals surface area contributed by atoms with Crippen LogP contribution in [0.25, 0.3) is 10.9 Å². The molecule has 0 saturated carbocycles. The van der Waals surface area contributed by atoms with Crippen LogP contribution in [0.15, 0.2) is 24.3 Å². The largest absolute Gasteiger partial charge is 0.463 e. The minimum absolute atomic E-state index is 0.0617. The molecule has 0 bridgehead atoms. The Kier molecular flexibility index (Phi) is 4.06. The number of ether oxygens (including phenoxy) is 4. The van der Waals surface area contributed by atoms with Gasteiger partial charge in [0, 0.05) is 12.3 Å². The average molecular weight is 360 g/mol. The predicted molar refractivity (Wildman–Crippen MR) is 89.5 cm³/mol. The van der Waals surface area contributed by atoms with E-state index in [1.165, 1.54) is 6.92 Å². The molecule has 1 aromatic carbocycles. The molecule has 2 fully saturated rings. The van der Waals surface area contributed by atoms with Gasteiger partial charge >= 0.3 is 5.97 Å². The molecule has 0 radical (unpaired) electrons. The minimum Gasteiger partial charge on any atom is -0.463 e. The highest BCUT2D eigenvalue weighted by molar-refractivity contribution is 5.95. The van der Waals surface area contributed by atoms with Gasteiger partial charge in [-0.05, 0) is 19.9 Å². The van der Waals surface area contributed by atoms with Crippen molar-refractivity contribution >= 4 is 23.2 Å². The SMILES string of the molecule is CC(=O)OC[C@H]1O[C@@H](n2nc(C=O)c3ccccc32)[C@@H]2OC(C)(C)O[C@@H]21. The van der Waals surface area contributed by atoms with Gasteiger partial charge in [0.25, 0.3) is 0 Å². The summed E-state index contributed by atoms with van der Waals surface area (Å²) in [5.41, 5.74) is 1.10. The van der Waals surface area contributed by atoms with Gasteiger partial charge in [0.2, 0.25) is 0 Å². The Bertz CT molecular complexity index is 860. The number of rotatable bonds is 4. The van der Waals surface area contributed by atoms with E-state index in [9.17, 15) is 9.59 Å². The molecule has 4 rings (SSSR count). The molecule has 8 heteroatoms. The first-order chi connectivity index (χ1) is 12.4. The number of carbonyl (C=O) groups excluding carboxylic acids is 2. The van der Waals surface area contributed by atoms with Crippen LogP contribution in [-0.4, -0.2) is 52.7 Å². The van der Waals surface area contributed by atoms with Crippen molar-refractivity contribution in [2.45, 2.75) is 51.1 Å². The van der Waals surface area contributed by atoms with Crippen molar-refractivity contribution in [2.24, 2.45) is 0 Å². The van der Waals surface area contributed by atoms with Crippen molar-refractivity contribution in [3.63, 3.8) is 0 Å². The van der Waals surface area contributed by atoms with E-state index < -0.39 is 30.3 Å². The molecular weight excluding hydrogens is 340 g/mol. The molecule has 2 saturated heterocycles. The van der Waals surface area contributed by atoms with E-state index >= 15 is 0 Å². The summed E-state index contributed by atoms with van der Waals surface area (Å²) in [6.45, 7) is 5.05. The van der Waals surface area contributed by atoms with Crippen LogP contribution in [0, 0.1) is 0 Å². The zero-order chi connectivity index (χ0) is 18.5. The molecule has 0 aliphatic carbocycles. The molecule has 4 atom stereocenters. The highest BCUT2D eigenvalue weighted by Crippen LogP contribution is 2.43. The second kappa shape index (κ2) is 6.15. The van der Waals surface area contributed by atoms with Crippen LogP contribution in [0.3, 0.4) is 0 Å². The maximum atomic E-state index is 11.4. The van der Waals surface area contributed by atoms with Crippen LogP contribution in [0.1, 0.15) is 37.5 Å². The summed E-state index contributed by atoms with van der Waals surface area (Å²) in [6, 6.07) is 7.42. The molecule has 0 spiro atoms. The third-order valence-electron chi connectivity index (χ3n) is 4.57. The van der Waals surface area contributed by atoms with Crippen molar-refractivity contribution in [1.82, 2.24) is 9.78 Å². The van der Waals surface area contributed by atoms with E-state index in [1.807, 2.05) is 38.1 Å². The van der Waals surface area contributed by atoms with E-state index in [0.29, 0.717) is 5.69 Å². The molecular formula is C18H20N2O6. The molecule has 0 unspecified atom stereocenters. The zero-order valence-corrected chi connectivity index (χ0v) is 14.7. The quantitative estimate of drug-likeness (QED) is 0.607. The number of fused-ring (bicyclic) bond motifs is 2. The van der Waals surface area contributed by atoms with Crippen LogP contribution in [0.4, 0.5) is 0 Å². The van der Waals surface area contributed by atoms with E-state index in [1.54, 1.807) is 4.68 Å². The number of benzene rings is 1. The lowest BCUT2D eigenvalue weighted by atomic mass is 10.1. The van der Waals surface area contributed by atoms with Gasteiger partial charge in [0.05, 0.1) is 5.52 Å². The van der Waals surface area contributed by atoms with Crippen molar-refractivity contribution in [2.75, 3.05) is 6.61 Å². The van der Waals surface area contributed by atoms with Crippen molar-refractivity contribution in [1.29, 1.82) is 0 Å². The van der Waals surface area contributed by atoms with Gasteiger partial charge in [-0.2, -0.15) is 5.10 Å². The topological polar surface area (TPSA) is 88.9 Å². The molecule has 8 nitrogen and oxygen atoms in total. The van der Waals surface area contributed by atoms with E-state index in [-0.39, 0.29) is 12.6 Å². The summed E-state index contributed by atoms with van der Waals surface area (Å²) in [6.07, 6.45) is -1.21. The van der Waals surface area contributed by atoms with Crippen molar-refractivity contribution in [3.05, 3.63) is 30.0 Å². The lowest BCUT2D eigenvalue weighted by Gasteiger charge is -2.24. The number of para-hydroxylation sites is 1. The Balaban J connectivity index is 1.72. The second-order valence-electron chi connectivity index (χ2n) is 6.90. The first-order valence-electron chi connectivity index (χ1n) is 8.46. The third-order valence-corrected chi connectivity index (χ3v) is 4.57. The molecule has 2 aliphatic rings. The predicted octanol–water partition coefficient (Wildman–Crippen LogP) is 1.83. The van der Waals surface area contributed by atoms with Gasteiger partial charge in [-0.25, -0.2) is 4.68 Å². The first-order valence-corrected chi connectivity index (χ1v) is 8.46. The van der Waals surface area contributed by atoms with E-state index in [2.05, 4.69) is 5.10 Å². The zero-order valence-electron chi connectivity index (χ0n) is 14.7. The summed E-state index contributed by atoms with van der Waals surface area (Å²) < 4.78 is 24.8. The number of hydrogen-bond donors (Lipinski definition) is 0. The third kappa shape index (κ3) is 2.80. The highest BCUT2D eigenvalue weighted by atomic mass is 16.8. The van der Waals surface area contributed by atoms with Gasteiger partial charge in [0.15, 0.2) is 18.3 Å². The monoisotopic (exact) mass is 360 g/mol. The highest BCUT2D eigenvalue weighted by Gasteiger charge is 2.56. The molecule has 2 aromatic rings. The number of esters is 1. The van der Waals surface area contributed by atoms with Crippen LogP contribution in [-0.2, 0) is 23.7 Å². The van der Waals surface area contributed by atoms with Gasteiger partial charge in [-0.15, -0.1) is 0 Å². The molecule has 0 N–H and O–H groups in total. The number of hydrogen-bond acceptors (Lipinski definition) is 7. The summed E-state index contributed by atoms with van der Waals surface area (Å²) >= 11 is 0. The molecule has 0 amide bonds. The summed E-state index contributed by atoms with van der Waals surface area (Å²) in [7, 11) is 0. The summed E-state index contributed by atoms with van der Waals surface area (Å²) in [4.78, 5) is 22.6. The Labute approximate surface area is 150 Å². The fraction of sp³-hybridized carbons (Fsp3) is 0.500. The van der Waals surface area contributed by atoms with Gasteiger partial charge in [0.1, 0.15) is 30.6 Å². The molecule has 138 valence electrons. The molecule has 2 aliphatic heterocycles. The van der Waals surface area contributed by atoms with Gasteiger partial charge in [-0.3, -0.25) is 9.59 Å². The van der Waals surface area contributed by atoms with Crippen molar-refractivity contribution in [3.8, 4) is 0 Å². The van der Waals surface area contributed by atoms with Crippen LogP contribution >= 0.6 is 0 Å². The van der Waals surface area contributed by atoms with Gasteiger partial charge in [-0.1, -0.05) is 18.2 Å².